The minimum atomic E-state index is -0.741. The van der Waals surface area contributed by atoms with Gasteiger partial charge in [0.25, 0.3) is 0 Å². The van der Waals surface area contributed by atoms with E-state index in [9.17, 15) is 10.1 Å². The maximum absolute atomic E-state index is 11.0. The van der Waals surface area contributed by atoms with E-state index in [1.807, 2.05) is 0 Å². The van der Waals surface area contributed by atoms with Gasteiger partial charge in [-0.05, 0) is 42.9 Å². The number of benzene rings is 1. The Hall–Kier alpha value is -1.65. The number of ether oxygens (including phenoxy) is 1. The van der Waals surface area contributed by atoms with Crippen molar-refractivity contribution in [1.82, 2.24) is 5.32 Å². The third-order valence-electron chi connectivity index (χ3n) is 2.96. The van der Waals surface area contributed by atoms with Crippen molar-refractivity contribution in [3.63, 3.8) is 0 Å². The normalized spacial score (nSPS) is 14.9. The summed E-state index contributed by atoms with van der Waals surface area (Å²) in [6.07, 6.45) is 0.0443. The van der Waals surface area contributed by atoms with Crippen LogP contribution in [0.25, 0.3) is 0 Å². The molecule has 0 aliphatic carbocycles. The molecular formula is C13H16BrN3O3. The van der Waals surface area contributed by atoms with E-state index in [0.29, 0.717) is 10.9 Å². The molecule has 1 aromatic carbocycles. The van der Waals surface area contributed by atoms with Crippen LogP contribution < -0.4 is 10.1 Å². The molecule has 0 radical (unpaired) electrons. The maximum atomic E-state index is 11.0. The minimum Gasteiger partial charge on any atom is -0.483 e. The van der Waals surface area contributed by atoms with Crippen LogP contribution in [-0.4, -0.2) is 23.6 Å². The molecule has 1 N–H and O–H groups in total. The lowest BCUT2D eigenvalue weighted by Crippen LogP contribution is -2.41. The molecule has 0 amide bonds. The second-order valence-corrected chi connectivity index (χ2v) is 5.53. The Kier molecular flexibility index (Phi) is 5.48. The summed E-state index contributed by atoms with van der Waals surface area (Å²) < 4.78 is 6.17. The van der Waals surface area contributed by atoms with Gasteiger partial charge in [0, 0.05) is 12.5 Å². The number of nitriles is 1. The molecule has 6 nitrogen and oxygen atoms in total. The zero-order valence-electron chi connectivity index (χ0n) is 11.5. The van der Waals surface area contributed by atoms with Gasteiger partial charge in [-0.25, -0.2) is 0 Å². The van der Waals surface area contributed by atoms with E-state index in [4.69, 9.17) is 10.00 Å². The van der Waals surface area contributed by atoms with Crippen LogP contribution in [0.5, 0.6) is 5.75 Å². The smallest absolute Gasteiger partial charge is 0.312 e. The summed E-state index contributed by atoms with van der Waals surface area (Å²) in [4.78, 5) is 10.5. The van der Waals surface area contributed by atoms with Crippen molar-refractivity contribution in [2.75, 3.05) is 7.05 Å². The Morgan fingerprint density at radius 3 is 2.80 bits per heavy atom. The highest BCUT2D eigenvalue weighted by atomic mass is 79.9. The highest BCUT2D eigenvalue weighted by Gasteiger charge is 2.27. The molecule has 7 heteroatoms. The maximum Gasteiger partial charge on any atom is 0.312 e. The lowest BCUT2D eigenvalue weighted by Gasteiger charge is -2.25. The van der Waals surface area contributed by atoms with Gasteiger partial charge in [0.1, 0.15) is 5.54 Å². The number of nitrogens with zero attached hydrogens (tertiary/aromatic N) is 2. The van der Waals surface area contributed by atoms with Gasteiger partial charge in [0.05, 0.1) is 21.6 Å². The van der Waals surface area contributed by atoms with E-state index in [1.54, 1.807) is 33.0 Å². The molecule has 0 saturated heterocycles. The van der Waals surface area contributed by atoms with E-state index >= 15 is 0 Å². The number of nitro groups is 1. The fourth-order valence-corrected chi connectivity index (χ4v) is 2.23. The van der Waals surface area contributed by atoms with E-state index in [1.165, 1.54) is 6.07 Å². The third-order valence-corrected chi connectivity index (χ3v) is 3.58. The Morgan fingerprint density at radius 2 is 2.30 bits per heavy atom. The predicted molar refractivity (Wildman–Crippen MR) is 78.6 cm³/mol. The summed E-state index contributed by atoms with van der Waals surface area (Å²) >= 11 is 3.25. The molecule has 0 spiro atoms. The van der Waals surface area contributed by atoms with Crippen molar-refractivity contribution in [2.45, 2.75) is 31.9 Å². The van der Waals surface area contributed by atoms with Crippen LogP contribution in [0, 0.1) is 21.4 Å². The summed E-state index contributed by atoms with van der Waals surface area (Å²) in [5.41, 5.74) is -0.843. The fourth-order valence-electron chi connectivity index (χ4n) is 1.78. The lowest BCUT2D eigenvalue weighted by molar-refractivity contribution is -0.386. The highest BCUT2D eigenvalue weighted by Crippen LogP contribution is 2.36. The van der Waals surface area contributed by atoms with Gasteiger partial charge >= 0.3 is 5.69 Å². The van der Waals surface area contributed by atoms with Crippen LogP contribution in [0.15, 0.2) is 22.7 Å². The van der Waals surface area contributed by atoms with Crippen molar-refractivity contribution in [3.8, 4) is 11.8 Å². The molecule has 2 unspecified atom stereocenters. The van der Waals surface area contributed by atoms with Crippen molar-refractivity contribution < 1.29 is 9.66 Å². The molecule has 0 heterocycles. The molecule has 20 heavy (non-hydrogen) atoms. The van der Waals surface area contributed by atoms with Gasteiger partial charge in [-0.15, -0.1) is 0 Å². The van der Waals surface area contributed by atoms with Crippen molar-refractivity contribution in [1.29, 1.82) is 5.26 Å². The largest absolute Gasteiger partial charge is 0.483 e. The molecule has 108 valence electrons. The number of para-hydroxylation sites is 1. The molecule has 1 rings (SSSR count). The van der Waals surface area contributed by atoms with Gasteiger partial charge in [0.15, 0.2) is 0 Å². The number of hydrogen-bond acceptors (Lipinski definition) is 5. The first-order valence-corrected chi connectivity index (χ1v) is 6.82. The molecule has 2 atom stereocenters. The number of rotatable bonds is 6. The van der Waals surface area contributed by atoms with Gasteiger partial charge < -0.3 is 10.1 Å². The zero-order chi connectivity index (χ0) is 15.3. The Morgan fingerprint density at radius 1 is 1.65 bits per heavy atom. The Labute approximate surface area is 126 Å². The standard InChI is InChI=1S/C13H16BrN3O3/c1-9(7-13(2,8-15)16-3)20-12-10(14)5-4-6-11(12)17(18)19/h4-6,9,16H,7H2,1-3H3. The first-order chi connectivity index (χ1) is 9.33. The molecule has 0 aromatic heterocycles. The Balaban J connectivity index is 2.94. The molecule has 0 saturated carbocycles. The molecule has 0 aliphatic rings. The average Bonchev–Trinajstić information content (AvgIpc) is 2.40. The molecular weight excluding hydrogens is 326 g/mol. The van der Waals surface area contributed by atoms with E-state index in [-0.39, 0.29) is 17.5 Å². The van der Waals surface area contributed by atoms with Crippen LogP contribution in [0.3, 0.4) is 0 Å². The van der Waals surface area contributed by atoms with Crippen molar-refractivity contribution >= 4 is 21.6 Å². The van der Waals surface area contributed by atoms with Crippen LogP contribution in [-0.2, 0) is 0 Å². The number of hydrogen-bond donors (Lipinski definition) is 1. The first-order valence-electron chi connectivity index (χ1n) is 6.02. The van der Waals surface area contributed by atoms with E-state index in [2.05, 4.69) is 27.3 Å². The summed E-state index contributed by atoms with van der Waals surface area (Å²) in [7, 11) is 1.69. The number of nitrogens with one attached hydrogen (secondary N) is 1. The molecule has 0 fully saturated rings. The minimum absolute atomic E-state index is 0.102. The highest BCUT2D eigenvalue weighted by molar-refractivity contribution is 9.10. The van der Waals surface area contributed by atoms with E-state index < -0.39 is 10.5 Å². The zero-order valence-corrected chi connectivity index (χ0v) is 13.1. The fraction of sp³-hybridized carbons (Fsp3) is 0.462. The van der Waals surface area contributed by atoms with Crippen molar-refractivity contribution in [2.24, 2.45) is 0 Å². The first kappa shape index (κ1) is 16.4. The molecule has 0 bridgehead atoms. The average molecular weight is 342 g/mol. The summed E-state index contributed by atoms with van der Waals surface area (Å²) in [6, 6.07) is 6.80. The van der Waals surface area contributed by atoms with Crippen LogP contribution >= 0.6 is 15.9 Å². The number of halogens is 1. The summed E-state index contributed by atoms with van der Waals surface area (Å²) in [6.45, 7) is 3.53. The van der Waals surface area contributed by atoms with Crippen LogP contribution in [0.2, 0.25) is 0 Å². The van der Waals surface area contributed by atoms with Gasteiger partial charge in [-0.2, -0.15) is 5.26 Å². The second-order valence-electron chi connectivity index (χ2n) is 4.67. The van der Waals surface area contributed by atoms with Gasteiger partial charge in [0.2, 0.25) is 5.75 Å². The lowest BCUT2D eigenvalue weighted by atomic mass is 9.97. The topological polar surface area (TPSA) is 88.2 Å². The third kappa shape index (κ3) is 3.92. The van der Waals surface area contributed by atoms with Gasteiger partial charge in [-0.3, -0.25) is 10.1 Å². The van der Waals surface area contributed by atoms with Gasteiger partial charge in [-0.1, -0.05) is 6.07 Å². The monoisotopic (exact) mass is 341 g/mol. The van der Waals surface area contributed by atoms with Crippen molar-refractivity contribution in [3.05, 3.63) is 32.8 Å². The van der Waals surface area contributed by atoms with Crippen LogP contribution in [0.4, 0.5) is 5.69 Å². The predicted octanol–water partition coefficient (Wildman–Crippen LogP) is 3.02. The molecule has 0 aliphatic heterocycles. The quantitative estimate of drug-likeness (QED) is 0.634. The molecule has 1 aromatic rings. The number of nitro benzene ring substituents is 1. The Bertz CT molecular complexity index is 544. The van der Waals surface area contributed by atoms with E-state index in [0.717, 1.165) is 0 Å². The summed E-state index contributed by atoms with van der Waals surface area (Å²) in [5.74, 6) is 0.182. The SMILES string of the molecule is CNC(C)(C#N)CC(C)Oc1c(Br)cccc1[N+](=O)[O-]. The second kappa shape index (κ2) is 6.68. The summed E-state index contributed by atoms with van der Waals surface area (Å²) in [5, 5.41) is 23.0. The van der Waals surface area contributed by atoms with Crippen LogP contribution in [0.1, 0.15) is 20.3 Å².